The van der Waals surface area contributed by atoms with Gasteiger partial charge >= 0.3 is 0 Å². The average Bonchev–Trinajstić information content (AvgIpc) is 2.65. The third-order valence-electron chi connectivity index (χ3n) is 4.92. The highest BCUT2D eigenvalue weighted by molar-refractivity contribution is 5.93. The van der Waals surface area contributed by atoms with Crippen LogP contribution in [0, 0.1) is 6.92 Å². The van der Waals surface area contributed by atoms with Crippen LogP contribution in [0.2, 0.25) is 0 Å². The number of nitrogens with one attached hydrogen (secondary N) is 1. The molecule has 4 nitrogen and oxygen atoms in total. The minimum Gasteiger partial charge on any atom is -0.372 e. The number of anilines is 2. The molecule has 0 aliphatic carbocycles. The number of amides is 1. The normalized spacial score (nSPS) is 11.1. The smallest absolute Gasteiger partial charge is 0.238 e. The molecule has 0 heterocycles. The van der Waals surface area contributed by atoms with Crippen molar-refractivity contribution >= 4 is 17.3 Å². The molecule has 0 aliphatic rings. The predicted octanol–water partition coefficient (Wildman–Crippen LogP) is 4.69. The van der Waals surface area contributed by atoms with E-state index in [-0.39, 0.29) is 5.91 Å². The van der Waals surface area contributed by atoms with E-state index in [2.05, 4.69) is 67.1 Å². The SMILES string of the molecule is CCN(CC)c1ccc(NC(=O)CN(Cc2ccccc2)C(C)C)c(C)c1. The van der Waals surface area contributed by atoms with Gasteiger partial charge in [-0.15, -0.1) is 0 Å². The molecule has 27 heavy (non-hydrogen) atoms. The van der Waals surface area contributed by atoms with E-state index in [1.807, 2.05) is 31.2 Å². The Labute approximate surface area is 164 Å². The fourth-order valence-corrected chi connectivity index (χ4v) is 3.19. The summed E-state index contributed by atoms with van der Waals surface area (Å²) >= 11 is 0. The molecule has 0 fully saturated rings. The van der Waals surface area contributed by atoms with Gasteiger partial charge in [0.15, 0.2) is 0 Å². The van der Waals surface area contributed by atoms with Crippen LogP contribution >= 0.6 is 0 Å². The zero-order chi connectivity index (χ0) is 19.8. The first-order valence-corrected chi connectivity index (χ1v) is 9.88. The summed E-state index contributed by atoms with van der Waals surface area (Å²) in [5, 5.41) is 3.08. The number of hydrogen-bond donors (Lipinski definition) is 1. The van der Waals surface area contributed by atoms with Crippen LogP contribution in [-0.4, -0.2) is 36.5 Å². The quantitative estimate of drug-likeness (QED) is 0.698. The van der Waals surface area contributed by atoms with Gasteiger partial charge in [-0.3, -0.25) is 9.69 Å². The van der Waals surface area contributed by atoms with Gasteiger partial charge in [-0.05, 0) is 63.9 Å². The summed E-state index contributed by atoms with van der Waals surface area (Å²) in [4.78, 5) is 17.1. The lowest BCUT2D eigenvalue weighted by Crippen LogP contribution is -2.37. The standard InChI is InChI=1S/C23H33N3O/c1-6-25(7-2)21-13-14-22(19(5)15-21)24-23(27)17-26(18(3)4)16-20-11-9-8-10-12-20/h8-15,18H,6-7,16-17H2,1-5H3,(H,24,27). The largest absolute Gasteiger partial charge is 0.372 e. The maximum Gasteiger partial charge on any atom is 0.238 e. The molecule has 0 unspecified atom stereocenters. The Balaban J connectivity index is 2.02. The summed E-state index contributed by atoms with van der Waals surface area (Å²) in [5.41, 5.74) is 4.40. The van der Waals surface area contributed by atoms with Crippen molar-refractivity contribution in [2.24, 2.45) is 0 Å². The minimum atomic E-state index is 0.0262. The fourth-order valence-electron chi connectivity index (χ4n) is 3.19. The maximum absolute atomic E-state index is 12.6. The topological polar surface area (TPSA) is 35.6 Å². The second-order valence-electron chi connectivity index (χ2n) is 7.20. The van der Waals surface area contributed by atoms with E-state index in [0.29, 0.717) is 12.6 Å². The zero-order valence-corrected chi connectivity index (χ0v) is 17.3. The van der Waals surface area contributed by atoms with E-state index in [4.69, 9.17) is 0 Å². The maximum atomic E-state index is 12.6. The highest BCUT2D eigenvalue weighted by atomic mass is 16.2. The number of benzene rings is 2. The van der Waals surface area contributed by atoms with Gasteiger partial charge in [-0.25, -0.2) is 0 Å². The van der Waals surface area contributed by atoms with E-state index >= 15 is 0 Å². The van der Waals surface area contributed by atoms with Crippen LogP contribution in [-0.2, 0) is 11.3 Å². The Kier molecular flexibility index (Phi) is 7.86. The molecule has 146 valence electrons. The van der Waals surface area contributed by atoms with Gasteiger partial charge in [-0.1, -0.05) is 30.3 Å². The summed E-state index contributed by atoms with van der Waals surface area (Å²) in [7, 11) is 0. The number of nitrogens with zero attached hydrogens (tertiary/aromatic N) is 2. The number of hydrogen-bond acceptors (Lipinski definition) is 3. The van der Waals surface area contributed by atoms with Crippen LogP contribution in [0.25, 0.3) is 0 Å². The van der Waals surface area contributed by atoms with Crippen LogP contribution in [0.15, 0.2) is 48.5 Å². The van der Waals surface area contributed by atoms with Crippen LogP contribution in [0.3, 0.4) is 0 Å². The number of rotatable bonds is 9. The van der Waals surface area contributed by atoms with Crippen molar-refractivity contribution in [2.45, 2.75) is 47.2 Å². The lowest BCUT2D eigenvalue weighted by molar-refractivity contribution is -0.117. The summed E-state index contributed by atoms with van der Waals surface area (Å²) in [5.74, 6) is 0.0262. The van der Waals surface area contributed by atoms with Crippen molar-refractivity contribution in [3.05, 3.63) is 59.7 Å². The van der Waals surface area contributed by atoms with Crippen molar-refractivity contribution in [1.29, 1.82) is 0 Å². The van der Waals surface area contributed by atoms with Crippen molar-refractivity contribution < 1.29 is 4.79 Å². The average molecular weight is 368 g/mol. The molecule has 0 radical (unpaired) electrons. The molecular formula is C23H33N3O. The van der Waals surface area contributed by atoms with Crippen LogP contribution < -0.4 is 10.2 Å². The van der Waals surface area contributed by atoms with E-state index < -0.39 is 0 Å². The van der Waals surface area contributed by atoms with Crippen LogP contribution in [0.5, 0.6) is 0 Å². The van der Waals surface area contributed by atoms with Crippen molar-refractivity contribution in [3.63, 3.8) is 0 Å². The molecule has 0 spiro atoms. The minimum absolute atomic E-state index is 0.0262. The zero-order valence-electron chi connectivity index (χ0n) is 17.3. The van der Waals surface area contributed by atoms with Gasteiger partial charge in [0.1, 0.15) is 0 Å². The second kappa shape index (κ2) is 10.1. The van der Waals surface area contributed by atoms with E-state index in [0.717, 1.165) is 30.9 Å². The Bertz CT molecular complexity index is 724. The highest BCUT2D eigenvalue weighted by Gasteiger charge is 2.15. The fraction of sp³-hybridized carbons (Fsp3) is 0.435. The summed E-state index contributed by atoms with van der Waals surface area (Å²) in [6, 6.07) is 16.8. The third kappa shape index (κ3) is 6.10. The van der Waals surface area contributed by atoms with Gasteiger partial charge in [0.25, 0.3) is 0 Å². The second-order valence-corrected chi connectivity index (χ2v) is 7.20. The van der Waals surface area contributed by atoms with Crippen molar-refractivity contribution in [1.82, 2.24) is 4.90 Å². The van der Waals surface area contributed by atoms with E-state index in [1.165, 1.54) is 11.3 Å². The molecule has 0 saturated carbocycles. The Hall–Kier alpha value is -2.33. The summed E-state index contributed by atoms with van der Waals surface area (Å²) in [6.07, 6.45) is 0. The summed E-state index contributed by atoms with van der Waals surface area (Å²) in [6.45, 7) is 13.7. The van der Waals surface area contributed by atoms with Gasteiger partial charge in [-0.2, -0.15) is 0 Å². The predicted molar refractivity (Wildman–Crippen MR) is 115 cm³/mol. The van der Waals surface area contributed by atoms with Crippen molar-refractivity contribution in [3.8, 4) is 0 Å². The number of carbonyl (C=O) groups excluding carboxylic acids is 1. The molecular weight excluding hydrogens is 334 g/mol. The van der Waals surface area contributed by atoms with Crippen molar-refractivity contribution in [2.75, 3.05) is 29.9 Å². The van der Waals surface area contributed by atoms with Gasteiger partial charge < -0.3 is 10.2 Å². The molecule has 0 bridgehead atoms. The molecule has 4 heteroatoms. The highest BCUT2D eigenvalue weighted by Crippen LogP contribution is 2.22. The van der Waals surface area contributed by atoms with E-state index in [9.17, 15) is 4.79 Å². The Morgan fingerprint density at radius 1 is 1.04 bits per heavy atom. The Morgan fingerprint density at radius 2 is 1.70 bits per heavy atom. The van der Waals surface area contributed by atoms with Gasteiger partial charge in [0.2, 0.25) is 5.91 Å². The lowest BCUT2D eigenvalue weighted by Gasteiger charge is -2.26. The number of carbonyl (C=O) groups is 1. The van der Waals surface area contributed by atoms with Gasteiger partial charge in [0, 0.05) is 37.1 Å². The first-order chi connectivity index (χ1) is 12.9. The lowest BCUT2D eigenvalue weighted by atomic mass is 10.1. The molecule has 2 aromatic rings. The molecule has 0 saturated heterocycles. The third-order valence-corrected chi connectivity index (χ3v) is 4.92. The molecule has 0 aliphatic heterocycles. The molecule has 0 atom stereocenters. The molecule has 2 aromatic carbocycles. The monoisotopic (exact) mass is 367 g/mol. The number of aryl methyl sites for hydroxylation is 1. The molecule has 1 amide bonds. The first-order valence-electron chi connectivity index (χ1n) is 9.88. The van der Waals surface area contributed by atoms with Gasteiger partial charge in [0.05, 0.1) is 6.54 Å². The van der Waals surface area contributed by atoms with Crippen LogP contribution in [0.4, 0.5) is 11.4 Å². The molecule has 1 N–H and O–H groups in total. The molecule has 0 aromatic heterocycles. The van der Waals surface area contributed by atoms with Crippen LogP contribution in [0.1, 0.15) is 38.8 Å². The Morgan fingerprint density at radius 3 is 2.26 bits per heavy atom. The summed E-state index contributed by atoms with van der Waals surface area (Å²) < 4.78 is 0. The van der Waals surface area contributed by atoms with E-state index in [1.54, 1.807) is 0 Å². The first kappa shape index (κ1) is 21.0. The molecule has 2 rings (SSSR count).